The molecule has 0 aliphatic heterocycles. The van der Waals surface area contributed by atoms with E-state index in [-0.39, 0.29) is 0 Å². The van der Waals surface area contributed by atoms with Crippen molar-refractivity contribution in [3.63, 3.8) is 0 Å². The lowest BCUT2D eigenvalue weighted by Gasteiger charge is -2.33. The monoisotopic (exact) mass is 303 g/mol. The number of nitrogens with zero attached hydrogens (tertiary/aromatic N) is 2. The number of hydrogen-bond donors (Lipinski definition) is 1. The Morgan fingerprint density at radius 3 is 2.59 bits per heavy atom. The lowest BCUT2D eigenvalue weighted by atomic mass is 9.81. The van der Waals surface area contributed by atoms with Gasteiger partial charge in [0.2, 0.25) is 0 Å². The highest BCUT2D eigenvalue weighted by atomic mass is 15.1. The van der Waals surface area contributed by atoms with Gasteiger partial charge in [-0.25, -0.2) is 0 Å². The molecule has 1 heterocycles. The second-order valence-corrected chi connectivity index (χ2v) is 7.19. The van der Waals surface area contributed by atoms with Gasteiger partial charge < -0.3 is 5.73 Å². The average Bonchev–Trinajstić information content (AvgIpc) is 2.56. The number of pyridine rings is 1. The molecular weight excluding hydrogens is 270 g/mol. The van der Waals surface area contributed by atoms with Crippen LogP contribution in [0.2, 0.25) is 0 Å². The molecular formula is C19H33N3. The maximum atomic E-state index is 5.82. The molecule has 0 aromatic carbocycles. The van der Waals surface area contributed by atoms with Gasteiger partial charge in [0, 0.05) is 32.0 Å². The van der Waals surface area contributed by atoms with E-state index in [0.717, 1.165) is 30.8 Å². The zero-order chi connectivity index (χ0) is 15.8. The third-order valence-corrected chi connectivity index (χ3v) is 5.21. The van der Waals surface area contributed by atoms with Crippen LogP contribution in [0.3, 0.4) is 0 Å². The molecule has 1 saturated carbocycles. The maximum Gasteiger partial charge on any atom is 0.0312 e. The van der Waals surface area contributed by atoms with E-state index in [1.165, 1.54) is 50.8 Å². The minimum Gasteiger partial charge on any atom is -0.330 e. The Morgan fingerprint density at radius 1 is 1.27 bits per heavy atom. The van der Waals surface area contributed by atoms with E-state index >= 15 is 0 Å². The Balaban J connectivity index is 1.90. The number of hydrogen-bond acceptors (Lipinski definition) is 3. The molecule has 0 radical (unpaired) electrons. The van der Waals surface area contributed by atoms with Gasteiger partial charge in [0.15, 0.2) is 0 Å². The normalized spacial score (nSPS) is 23.6. The highest BCUT2D eigenvalue weighted by Crippen LogP contribution is 2.29. The molecule has 2 N–H and O–H groups in total. The first-order valence-electron chi connectivity index (χ1n) is 9.02. The van der Waals surface area contributed by atoms with Gasteiger partial charge in [0.1, 0.15) is 0 Å². The molecule has 1 unspecified atom stereocenters. The van der Waals surface area contributed by atoms with Gasteiger partial charge in [0.25, 0.3) is 0 Å². The summed E-state index contributed by atoms with van der Waals surface area (Å²) in [6.07, 6.45) is 10.5. The highest BCUT2D eigenvalue weighted by Gasteiger charge is 2.22. The smallest absolute Gasteiger partial charge is 0.0312 e. The van der Waals surface area contributed by atoms with Crippen LogP contribution in [0.4, 0.5) is 0 Å². The van der Waals surface area contributed by atoms with Crippen molar-refractivity contribution in [1.82, 2.24) is 9.88 Å². The van der Waals surface area contributed by atoms with E-state index in [2.05, 4.69) is 29.8 Å². The van der Waals surface area contributed by atoms with Gasteiger partial charge in [-0.1, -0.05) is 26.3 Å². The summed E-state index contributed by atoms with van der Waals surface area (Å²) in [5.74, 6) is 2.39. The number of aromatic nitrogens is 1. The molecule has 1 aromatic heterocycles. The first-order chi connectivity index (χ1) is 10.7. The number of nitrogens with two attached hydrogens (primary N) is 1. The fourth-order valence-electron chi connectivity index (χ4n) is 3.54. The third kappa shape index (κ3) is 5.69. The Morgan fingerprint density at radius 2 is 2.00 bits per heavy atom. The van der Waals surface area contributed by atoms with Crippen molar-refractivity contribution in [2.75, 3.05) is 19.6 Å². The molecule has 3 heteroatoms. The molecule has 0 saturated heterocycles. The topological polar surface area (TPSA) is 42.2 Å². The van der Waals surface area contributed by atoms with Crippen LogP contribution < -0.4 is 5.73 Å². The van der Waals surface area contributed by atoms with Crippen molar-refractivity contribution in [3.05, 3.63) is 30.1 Å². The molecule has 2 rings (SSSR count). The fraction of sp³-hybridized carbons (Fsp3) is 0.737. The lowest BCUT2D eigenvalue weighted by Crippen LogP contribution is -2.35. The van der Waals surface area contributed by atoms with E-state index < -0.39 is 0 Å². The van der Waals surface area contributed by atoms with Crippen molar-refractivity contribution in [1.29, 1.82) is 0 Å². The summed E-state index contributed by atoms with van der Waals surface area (Å²) in [6, 6.07) is 4.24. The third-order valence-electron chi connectivity index (χ3n) is 5.21. The minimum atomic E-state index is 0.761. The Bertz CT molecular complexity index is 398. The van der Waals surface area contributed by atoms with Crippen LogP contribution in [-0.4, -0.2) is 29.5 Å². The second-order valence-electron chi connectivity index (χ2n) is 7.19. The first-order valence-corrected chi connectivity index (χ1v) is 9.02. The van der Waals surface area contributed by atoms with E-state index in [0.29, 0.717) is 0 Å². The predicted molar refractivity (Wildman–Crippen MR) is 93.5 cm³/mol. The van der Waals surface area contributed by atoms with Crippen LogP contribution in [0.1, 0.15) is 51.5 Å². The van der Waals surface area contributed by atoms with Gasteiger partial charge in [0.05, 0.1) is 0 Å². The predicted octanol–water partition coefficient (Wildman–Crippen LogP) is 3.69. The standard InChI is InChI=1S/C19H33N3/c1-3-16(2)13-22(15-19-5-4-10-21-12-19)14-18-8-6-17(11-20)7-9-18/h4-5,10,12,16-18H,3,6-9,11,13-15,20H2,1-2H3. The van der Waals surface area contributed by atoms with E-state index in [4.69, 9.17) is 5.73 Å². The van der Waals surface area contributed by atoms with Crippen molar-refractivity contribution < 1.29 is 0 Å². The quantitative estimate of drug-likeness (QED) is 0.796. The zero-order valence-electron chi connectivity index (χ0n) is 14.4. The van der Waals surface area contributed by atoms with Crippen LogP contribution in [0, 0.1) is 17.8 Å². The summed E-state index contributed by atoms with van der Waals surface area (Å²) >= 11 is 0. The summed E-state index contributed by atoms with van der Waals surface area (Å²) in [5, 5.41) is 0. The van der Waals surface area contributed by atoms with Gasteiger partial charge in [-0.15, -0.1) is 0 Å². The minimum absolute atomic E-state index is 0.761. The largest absolute Gasteiger partial charge is 0.330 e. The van der Waals surface area contributed by atoms with Crippen molar-refractivity contribution >= 4 is 0 Å². The van der Waals surface area contributed by atoms with E-state index in [9.17, 15) is 0 Å². The SMILES string of the molecule is CCC(C)CN(Cc1cccnc1)CC1CCC(CN)CC1. The number of rotatable bonds is 8. The van der Waals surface area contributed by atoms with Crippen molar-refractivity contribution in [3.8, 4) is 0 Å². The zero-order valence-corrected chi connectivity index (χ0v) is 14.4. The molecule has 0 spiro atoms. The molecule has 22 heavy (non-hydrogen) atoms. The van der Waals surface area contributed by atoms with Crippen LogP contribution in [0.5, 0.6) is 0 Å². The average molecular weight is 303 g/mol. The van der Waals surface area contributed by atoms with Gasteiger partial charge >= 0.3 is 0 Å². The van der Waals surface area contributed by atoms with Gasteiger partial charge in [-0.2, -0.15) is 0 Å². The maximum absolute atomic E-state index is 5.82. The van der Waals surface area contributed by atoms with E-state index in [1.807, 2.05) is 18.5 Å². The molecule has 1 aliphatic carbocycles. The van der Waals surface area contributed by atoms with Gasteiger partial charge in [-0.3, -0.25) is 9.88 Å². The van der Waals surface area contributed by atoms with Crippen LogP contribution in [0.25, 0.3) is 0 Å². The Kier molecular flexibility index (Phi) is 7.34. The Hall–Kier alpha value is -0.930. The van der Waals surface area contributed by atoms with Crippen LogP contribution in [0.15, 0.2) is 24.5 Å². The lowest BCUT2D eigenvalue weighted by molar-refractivity contribution is 0.158. The summed E-state index contributed by atoms with van der Waals surface area (Å²) in [4.78, 5) is 6.92. The molecule has 1 aliphatic rings. The fourth-order valence-corrected chi connectivity index (χ4v) is 3.54. The molecule has 124 valence electrons. The summed E-state index contributed by atoms with van der Waals surface area (Å²) in [6.45, 7) is 8.99. The molecule has 0 amide bonds. The van der Waals surface area contributed by atoms with Crippen molar-refractivity contribution in [2.24, 2.45) is 23.5 Å². The van der Waals surface area contributed by atoms with Crippen LogP contribution >= 0.6 is 0 Å². The van der Waals surface area contributed by atoms with Crippen molar-refractivity contribution in [2.45, 2.75) is 52.5 Å². The molecule has 0 bridgehead atoms. The summed E-state index contributed by atoms with van der Waals surface area (Å²) < 4.78 is 0. The molecule has 3 nitrogen and oxygen atoms in total. The summed E-state index contributed by atoms with van der Waals surface area (Å²) in [5.41, 5.74) is 7.15. The molecule has 1 fully saturated rings. The Labute approximate surface area is 136 Å². The van der Waals surface area contributed by atoms with E-state index in [1.54, 1.807) is 0 Å². The highest BCUT2D eigenvalue weighted by molar-refractivity contribution is 5.08. The summed E-state index contributed by atoms with van der Waals surface area (Å²) in [7, 11) is 0. The van der Waals surface area contributed by atoms with Crippen LogP contribution in [-0.2, 0) is 6.54 Å². The second kappa shape index (κ2) is 9.26. The van der Waals surface area contributed by atoms with Gasteiger partial charge in [-0.05, 0) is 61.6 Å². The molecule has 1 atom stereocenters. The molecule has 1 aromatic rings. The first kappa shape index (κ1) is 17.4.